The average Bonchev–Trinajstić information content (AvgIpc) is 2.93. The van der Waals surface area contributed by atoms with Crippen LogP contribution < -0.4 is 20.9 Å². The number of urea groups is 1. The van der Waals surface area contributed by atoms with Gasteiger partial charge in [-0.3, -0.25) is 9.69 Å². The highest BCUT2D eigenvalue weighted by molar-refractivity contribution is 6.34. The summed E-state index contributed by atoms with van der Waals surface area (Å²) in [7, 11) is 0. The standard InChI is InChI=1S/C15H21ClN4O2/c1-2-5-17-6-7-18-14(21)12-10-11(3-4-13(12)16)20-9-8-19-15(20)22/h3-4,10,17H,2,5-9H2,1H3,(H,18,21)(H,19,22). The molecule has 0 atom stereocenters. The van der Waals surface area contributed by atoms with Gasteiger partial charge < -0.3 is 16.0 Å². The number of benzene rings is 1. The van der Waals surface area contributed by atoms with Crippen molar-refractivity contribution < 1.29 is 9.59 Å². The Hall–Kier alpha value is -1.79. The number of rotatable bonds is 7. The van der Waals surface area contributed by atoms with Gasteiger partial charge in [-0.15, -0.1) is 0 Å². The van der Waals surface area contributed by atoms with Crippen molar-refractivity contribution in [2.75, 3.05) is 37.6 Å². The van der Waals surface area contributed by atoms with E-state index in [9.17, 15) is 9.59 Å². The van der Waals surface area contributed by atoms with Crippen LogP contribution in [0.5, 0.6) is 0 Å². The quantitative estimate of drug-likeness (QED) is 0.667. The van der Waals surface area contributed by atoms with E-state index in [-0.39, 0.29) is 11.9 Å². The van der Waals surface area contributed by atoms with Crippen molar-refractivity contribution in [3.05, 3.63) is 28.8 Å². The lowest BCUT2D eigenvalue weighted by Gasteiger charge is -2.16. The summed E-state index contributed by atoms with van der Waals surface area (Å²) in [5, 5.41) is 9.14. The fraction of sp³-hybridized carbons (Fsp3) is 0.467. The molecule has 0 aromatic heterocycles. The molecule has 0 radical (unpaired) electrons. The van der Waals surface area contributed by atoms with Crippen LogP contribution in [0.15, 0.2) is 18.2 Å². The molecule has 1 heterocycles. The molecule has 2 rings (SSSR count). The van der Waals surface area contributed by atoms with Crippen LogP contribution in [0.1, 0.15) is 23.7 Å². The van der Waals surface area contributed by atoms with Crippen molar-refractivity contribution in [2.45, 2.75) is 13.3 Å². The lowest BCUT2D eigenvalue weighted by Crippen LogP contribution is -2.32. The highest BCUT2D eigenvalue weighted by Crippen LogP contribution is 2.24. The number of nitrogens with one attached hydrogen (secondary N) is 3. The van der Waals surface area contributed by atoms with E-state index >= 15 is 0 Å². The molecule has 1 aliphatic rings. The molecule has 6 nitrogen and oxygen atoms in total. The number of hydrogen-bond donors (Lipinski definition) is 3. The summed E-state index contributed by atoms with van der Waals surface area (Å²) < 4.78 is 0. The second-order valence-corrected chi connectivity index (χ2v) is 5.46. The summed E-state index contributed by atoms with van der Waals surface area (Å²) in [6.45, 7) is 5.45. The second kappa shape index (κ2) is 8.00. The van der Waals surface area contributed by atoms with Crippen LogP contribution in [-0.2, 0) is 0 Å². The Labute approximate surface area is 135 Å². The Bertz CT molecular complexity index is 550. The third kappa shape index (κ3) is 4.11. The molecule has 3 amide bonds. The van der Waals surface area contributed by atoms with Gasteiger partial charge in [0.25, 0.3) is 5.91 Å². The summed E-state index contributed by atoms with van der Waals surface area (Å²) in [5.74, 6) is -0.232. The average molecular weight is 325 g/mol. The van der Waals surface area contributed by atoms with Crippen molar-refractivity contribution in [1.29, 1.82) is 0 Å². The number of anilines is 1. The number of carbonyl (C=O) groups is 2. The van der Waals surface area contributed by atoms with E-state index in [2.05, 4.69) is 22.9 Å². The Morgan fingerprint density at radius 3 is 2.86 bits per heavy atom. The monoisotopic (exact) mass is 324 g/mol. The van der Waals surface area contributed by atoms with Gasteiger partial charge >= 0.3 is 6.03 Å². The van der Waals surface area contributed by atoms with E-state index < -0.39 is 0 Å². The molecule has 1 aromatic rings. The Morgan fingerprint density at radius 2 is 2.18 bits per heavy atom. The summed E-state index contributed by atoms with van der Waals surface area (Å²) in [4.78, 5) is 25.5. The van der Waals surface area contributed by atoms with Crippen molar-refractivity contribution in [3.63, 3.8) is 0 Å². The minimum atomic E-state index is -0.232. The molecule has 0 spiro atoms. The minimum Gasteiger partial charge on any atom is -0.351 e. The van der Waals surface area contributed by atoms with Gasteiger partial charge in [0.15, 0.2) is 0 Å². The first kappa shape index (κ1) is 16.6. The van der Waals surface area contributed by atoms with Crippen LogP contribution in [0.2, 0.25) is 5.02 Å². The highest BCUT2D eigenvalue weighted by Gasteiger charge is 2.22. The predicted molar refractivity (Wildman–Crippen MR) is 87.7 cm³/mol. The molecule has 22 heavy (non-hydrogen) atoms. The van der Waals surface area contributed by atoms with Gasteiger partial charge in [-0.25, -0.2) is 4.79 Å². The lowest BCUT2D eigenvalue weighted by molar-refractivity contribution is 0.0954. The minimum absolute atomic E-state index is 0.155. The zero-order valence-electron chi connectivity index (χ0n) is 12.6. The third-order valence-corrected chi connectivity index (χ3v) is 3.71. The van der Waals surface area contributed by atoms with Crippen LogP contribution in [0.4, 0.5) is 10.5 Å². The zero-order chi connectivity index (χ0) is 15.9. The fourth-order valence-electron chi connectivity index (χ4n) is 2.23. The Kier molecular flexibility index (Phi) is 6.03. The largest absolute Gasteiger partial charge is 0.351 e. The number of nitrogens with zero attached hydrogens (tertiary/aromatic N) is 1. The van der Waals surface area contributed by atoms with Crippen molar-refractivity contribution >= 4 is 29.2 Å². The van der Waals surface area contributed by atoms with Gasteiger partial charge in [0.2, 0.25) is 0 Å². The van der Waals surface area contributed by atoms with E-state index in [0.29, 0.717) is 42.5 Å². The molecule has 0 aliphatic carbocycles. The molecular formula is C15H21ClN4O2. The van der Waals surface area contributed by atoms with Gasteiger partial charge in [0, 0.05) is 31.9 Å². The molecule has 0 unspecified atom stereocenters. The van der Waals surface area contributed by atoms with Crippen LogP contribution in [0.3, 0.4) is 0 Å². The number of halogens is 1. The summed E-state index contributed by atoms with van der Waals surface area (Å²) in [6.07, 6.45) is 1.06. The SMILES string of the molecule is CCCNCCNC(=O)c1cc(N2CCNC2=O)ccc1Cl. The van der Waals surface area contributed by atoms with E-state index in [1.807, 2.05) is 0 Å². The summed E-state index contributed by atoms with van der Waals surface area (Å²) in [5.41, 5.74) is 1.06. The molecule has 120 valence electrons. The van der Waals surface area contributed by atoms with E-state index in [1.165, 1.54) is 0 Å². The zero-order valence-corrected chi connectivity index (χ0v) is 13.4. The van der Waals surface area contributed by atoms with Crippen molar-refractivity contribution in [2.24, 2.45) is 0 Å². The van der Waals surface area contributed by atoms with Crippen molar-refractivity contribution in [3.8, 4) is 0 Å². The molecule has 3 N–H and O–H groups in total. The van der Waals surface area contributed by atoms with E-state index in [4.69, 9.17) is 11.6 Å². The molecule has 1 aromatic carbocycles. The van der Waals surface area contributed by atoms with Crippen LogP contribution in [0.25, 0.3) is 0 Å². The van der Waals surface area contributed by atoms with E-state index in [1.54, 1.807) is 23.1 Å². The van der Waals surface area contributed by atoms with Crippen LogP contribution >= 0.6 is 11.6 Å². The Balaban J connectivity index is 2.00. The molecular weight excluding hydrogens is 304 g/mol. The van der Waals surface area contributed by atoms with Gasteiger partial charge in [-0.05, 0) is 31.2 Å². The topological polar surface area (TPSA) is 73.5 Å². The maximum Gasteiger partial charge on any atom is 0.321 e. The smallest absolute Gasteiger partial charge is 0.321 e. The number of carbonyl (C=O) groups excluding carboxylic acids is 2. The van der Waals surface area contributed by atoms with Crippen molar-refractivity contribution in [1.82, 2.24) is 16.0 Å². The maximum atomic E-state index is 12.2. The first-order valence-electron chi connectivity index (χ1n) is 7.47. The van der Waals surface area contributed by atoms with Crippen LogP contribution in [-0.4, -0.2) is 44.7 Å². The van der Waals surface area contributed by atoms with Gasteiger partial charge in [-0.1, -0.05) is 18.5 Å². The number of hydrogen-bond acceptors (Lipinski definition) is 3. The van der Waals surface area contributed by atoms with E-state index in [0.717, 1.165) is 13.0 Å². The summed E-state index contributed by atoms with van der Waals surface area (Å²) >= 11 is 6.10. The van der Waals surface area contributed by atoms with Crippen LogP contribution in [0, 0.1) is 0 Å². The molecule has 0 saturated carbocycles. The first-order valence-corrected chi connectivity index (χ1v) is 7.85. The maximum absolute atomic E-state index is 12.2. The lowest BCUT2D eigenvalue weighted by atomic mass is 10.1. The molecule has 1 fully saturated rings. The Morgan fingerprint density at radius 1 is 1.36 bits per heavy atom. The predicted octanol–water partition coefficient (Wildman–Crippen LogP) is 1.60. The molecule has 0 bridgehead atoms. The normalized spacial score (nSPS) is 14.1. The van der Waals surface area contributed by atoms with Gasteiger partial charge in [0.05, 0.1) is 10.6 Å². The molecule has 1 aliphatic heterocycles. The van der Waals surface area contributed by atoms with Gasteiger partial charge in [-0.2, -0.15) is 0 Å². The van der Waals surface area contributed by atoms with Gasteiger partial charge in [0.1, 0.15) is 0 Å². The first-order chi connectivity index (χ1) is 10.6. The molecule has 1 saturated heterocycles. The third-order valence-electron chi connectivity index (χ3n) is 3.38. The highest BCUT2D eigenvalue weighted by atomic mass is 35.5. The number of amides is 3. The summed E-state index contributed by atoms with van der Waals surface area (Å²) in [6, 6.07) is 4.89. The molecule has 7 heteroatoms. The fourth-order valence-corrected chi connectivity index (χ4v) is 2.44. The second-order valence-electron chi connectivity index (χ2n) is 5.05.